The van der Waals surface area contributed by atoms with Crippen molar-refractivity contribution in [3.05, 3.63) is 29.8 Å². The molecule has 0 radical (unpaired) electrons. The molecule has 1 aromatic heterocycles. The van der Waals surface area contributed by atoms with Crippen LogP contribution in [-0.4, -0.2) is 60.7 Å². The zero-order valence-corrected chi connectivity index (χ0v) is 14.1. The molecule has 1 atom stereocenters. The summed E-state index contributed by atoms with van der Waals surface area (Å²) in [5.41, 5.74) is -0.323. The highest BCUT2D eigenvalue weighted by molar-refractivity contribution is 5.94. The van der Waals surface area contributed by atoms with Gasteiger partial charge in [0.15, 0.2) is 5.82 Å². The van der Waals surface area contributed by atoms with Crippen LogP contribution < -0.4 is 10.6 Å². The smallest absolute Gasteiger partial charge is 0.350 e. The van der Waals surface area contributed by atoms with Gasteiger partial charge in [0.25, 0.3) is 5.91 Å². The molecule has 2 heterocycles. The Hall–Kier alpha value is -1.16. The molecule has 0 aliphatic carbocycles. The predicted octanol–water partition coefficient (Wildman–Crippen LogP) is 1.63. The van der Waals surface area contributed by atoms with Crippen LogP contribution in [0.2, 0.25) is 0 Å². The SMILES string of the molecule is Cl.Cl.O=C(NCC(N1CCNCC1)C(F)(F)F)c1ccncc1F. The van der Waals surface area contributed by atoms with Crippen LogP contribution in [0.15, 0.2) is 18.5 Å². The van der Waals surface area contributed by atoms with Crippen molar-refractivity contribution in [2.75, 3.05) is 32.7 Å². The average molecular weight is 393 g/mol. The van der Waals surface area contributed by atoms with Gasteiger partial charge in [0.2, 0.25) is 0 Å². The minimum absolute atomic E-state index is 0. The Morgan fingerprint density at radius 1 is 1.33 bits per heavy atom. The molecule has 5 nitrogen and oxygen atoms in total. The summed E-state index contributed by atoms with van der Waals surface area (Å²) in [4.78, 5) is 16.6. The first-order valence-electron chi connectivity index (χ1n) is 6.79. The van der Waals surface area contributed by atoms with E-state index in [1.165, 1.54) is 11.1 Å². The van der Waals surface area contributed by atoms with E-state index in [0.717, 1.165) is 12.3 Å². The fourth-order valence-electron chi connectivity index (χ4n) is 2.29. The van der Waals surface area contributed by atoms with E-state index in [9.17, 15) is 22.4 Å². The van der Waals surface area contributed by atoms with E-state index < -0.39 is 30.5 Å². The second-order valence-electron chi connectivity index (χ2n) is 4.91. The number of nitrogens with one attached hydrogen (secondary N) is 2. The van der Waals surface area contributed by atoms with Gasteiger partial charge in [0, 0.05) is 38.9 Å². The zero-order valence-electron chi connectivity index (χ0n) is 12.5. The summed E-state index contributed by atoms with van der Waals surface area (Å²) < 4.78 is 52.8. The monoisotopic (exact) mass is 392 g/mol. The molecular weight excluding hydrogens is 375 g/mol. The number of nitrogens with zero attached hydrogens (tertiary/aromatic N) is 2. The number of pyridine rings is 1. The minimum Gasteiger partial charge on any atom is -0.350 e. The molecule has 0 bridgehead atoms. The molecule has 0 spiro atoms. The third-order valence-electron chi connectivity index (χ3n) is 3.44. The van der Waals surface area contributed by atoms with Crippen molar-refractivity contribution in [1.29, 1.82) is 0 Å². The van der Waals surface area contributed by atoms with Gasteiger partial charge in [-0.3, -0.25) is 14.7 Å². The molecular formula is C13H18Cl2F4N4O. The third-order valence-corrected chi connectivity index (χ3v) is 3.44. The Labute approximate surface area is 149 Å². The molecule has 2 N–H and O–H groups in total. The molecule has 2 rings (SSSR count). The molecule has 1 saturated heterocycles. The third kappa shape index (κ3) is 6.04. The standard InChI is InChI=1S/C13H16F4N4O.2ClH/c14-10-7-19-2-1-9(10)12(22)20-8-11(13(15,16)17)21-5-3-18-4-6-21;;/h1-2,7,11,18H,3-6,8H2,(H,20,22);2*1H. The fourth-order valence-corrected chi connectivity index (χ4v) is 2.29. The molecule has 1 fully saturated rings. The van der Waals surface area contributed by atoms with E-state index in [4.69, 9.17) is 0 Å². The molecule has 0 saturated carbocycles. The molecule has 1 unspecified atom stereocenters. The summed E-state index contributed by atoms with van der Waals surface area (Å²) in [6, 6.07) is -0.665. The first-order valence-corrected chi connectivity index (χ1v) is 6.79. The van der Waals surface area contributed by atoms with Gasteiger partial charge in [-0.15, -0.1) is 24.8 Å². The molecule has 1 aromatic rings. The number of carbonyl (C=O) groups is 1. The van der Waals surface area contributed by atoms with Gasteiger partial charge in [-0.1, -0.05) is 0 Å². The lowest BCUT2D eigenvalue weighted by Gasteiger charge is -2.35. The number of halogens is 6. The van der Waals surface area contributed by atoms with Gasteiger partial charge in [0.1, 0.15) is 6.04 Å². The summed E-state index contributed by atoms with van der Waals surface area (Å²) in [6.07, 6.45) is -2.43. The molecule has 0 aromatic carbocycles. The van der Waals surface area contributed by atoms with Crippen molar-refractivity contribution >= 4 is 30.7 Å². The van der Waals surface area contributed by atoms with Crippen LogP contribution in [0.25, 0.3) is 0 Å². The maximum Gasteiger partial charge on any atom is 0.405 e. The Kier molecular flexibility index (Phi) is 9.49. The van der Waals surface area contributed by atoms with Crippen molar-refractivity contribution in [1.82, 2.24) is 20.5 Å². The zero-order chi connectivity index (χ0) is 16.2. The summed E-state index contributed by atoms with van der Waals surface area (Å²) in [5.74, 6) is -1.75. The number of rotatable bonds is 4. The van der Waals surface area contributed by atoms with E-state index in [0.29, 0.717) is 13.1 Å². The van der Waals surface area contributed by atoms with Crippen LogP contribution in [-0.2, 0) is 0 Å². The maximum absolute atomic E-state index is 13.4. The Morgan fingerprint density at radius 3 is 2.50 bits per heavy atom. The highest BCUT2D eigenvalue weighted by Crippen LogP contribution is 2.24. The number of hydrogen-bond acceptors (Lipinski definition) is 4. The van der Waals surface area contributed by atoms with Gasteiger partial charge >= 0.3 is 6.18 Å². The van der Waals surface area contributed by atoms with E-state index in [-0.39, 0.29) is 43.5 Å². The van der Waals surface area contributed by atoms with Gasteiger partial charge in [-0.05, 0) is 6.07 Å². The average Bonchev–Trinajstić information content (AvgIpc) is 2.47. The lowest BCUT2D eigenvalue weighted by molar-refractivity contribution is -0.183. The normalized spacial score (nSPS) is 16.5. The van der Waals surface area contributed by atoms with Crippen LogP contribution in [0.3, 0.4) is 0 Å². The van der Waals surface area contributed by atoms with E-state index in [1.807, 2.05) is 0 Å². The van der Waals surface area contributed by atoms with Crippen LogP contribution in [0, 0.1) is 5.82 Å². The number of carbonyl (C=O) groups excluding carboxylic acids is 1. The highest BCUT2D eigenvalue weighted by Gasteiger charge is 2.43. The second kappa shape index (κ2) is 9.97. The summed E-state index contributed by atoms with van der Waals surface area (Å²) in [6.45, 7) is 0.774. The minimum atomic E-state index is -4.47. The first kappa shape index (κ1) is 22.8. The highest BCUT2D eigenvalue weighted by atomic mass is 35.5. The quantitative estimate of drug-likeness (QED) is 0.764. The first-order chi connectivity index (χ1) is 10.4. The largest absolute Gasteiger partial charge is 0.405 e. The lowest BCUT2D eigenvalue weighted by atomic mass is 10.2. The van der Waals surface area contributed by atoms with E-state index in [2.05, 4.69) is 15.6 Å². The Morgan fingerprint density at radius 2 is 1.96 bits per heavy atom. The van der Waals surface area contributed by atoms with E-state index in [1.54, 1.807) is 0 Å². The van der Waals surface area contributed by atoms with Crippen LogP contribution in [0.5, 0.6) is 0 Å². The number of hydrogen-bond donors (Lipinski definition) is 2. The molecule has 1 aliphatic rings. The molecule has 11 heteroatoms. The molecule has 1 aliphatic heterocycles. The number of amides is 1. The van der Waals surface area contributed by atoms with Crippen molar-refractivity contribution in [2.45, 2.75) is 12.2 Å². The maximum atomic E-state index is 13.4. The summed E-state index contributed by atoms with van der Waals surface area (Å²) in [5, 5.41) is 5.12. The second-order valence-corrected chi connectivity index (χ2v) is 4.91. The molecule has 138 valence electrons. The Balaban J connectivity index is 0.00000264. The number of aromatic nitrogens is 1. The van der Waals surface area contributed by atoms with Gasteiger partial charge in [-0.25, -0.2) is 4.39 Å². The van der Waals surface area contributed by atoms with Crippen molar-refractivity contribution in [2.24, 2.45) is 0 Å². The molecule has 1 amide bonds. The van der Waals surface area contributed by atoms with Crippen LogP contribution in [0.1, 0.15) is 10.4 Å². The van der Waals surface area contributed by atoms with Gasteiger partial charge < -0.3 is 10.6 Å². The topological polar surface area (TPSA) is 57.3 Å². The summed E-state index contributed by atoms with van der Waals surface area (Å²) in [7, 11) is 0. The van der Waals surface area contributed by atoms with Crippen molar-refractivity contribution < 1.29 is 22.4 Å². The van der Waals surface area contributed by atoms with Crippen LogP contribution >= 0.6 is 24.8 Å². The van der Waals surface area contributed by atoms with Gasteiger partial charge in [-0.2, -0.15) is 13.2 Å². The van der Waals surface area contributed by atoms with E-state index >= 15 is 0 Å². The number of alkyl halides is 3. The predicted molar refractivity (Wildman–Crippen MR) is 85.3 cm³/mol. The fraction of sp³-hybridized carbons (Fsp3) is 0.538. The van der Waals surface area contributed by atoms with Crippen molar-refractivity contribution in [3.63, 3.8) is 0 Å². The lowest BCUT2D eigenvalue weighted by Crippen LogP contribution is -2.57. The van der Waals surface area contributed by atoms with Crippen LogP contribution in [0.4, 0.5) is 17.6 Å². The molecule has 24 heavy (non-hydrogen) atoms. The summed E-state index contributed by atoms with van der Waals surface area (Å²) >= 11 is 0. The number of piperazine rings is 1. The van der Waals surface area contributed by atoms with Gasteiger partial charge in [0.05, 0.1) is 11.8 Å². The Bertz CT molecular complexity index is 527. The van der Waals surface area contributed by atoms with Crippen molar-refractivity contribution in [3.8, 4) is 0 Å².